The molecule has 30 heavy (non-hydrogen) atoms. The van der Waals surface area contributed by atoms with Gasteiger partial charge in [-0.05, 0) is 36.2 Å². The van der Waals surface area contributed by atoms with Crippen molar-refractivity contribution in [3.8, 4) is 0 Å². The van der Waals surface area contributed by atoms with Gasteiger partial charge in [-0.25, -0.2) is 0 Å². The summed E-state index contributed by atoms with van der Waals surface area (Å²) < 4.78 is 0. The van der Waals surface area contributed by atoms with Crippen molar-refractivity contribution in [2.75, 3.05) is 26.2 Å². The number of rotatable bonds is 6. The van der Waals surface area contributed by atoms with Gasteiger partial charge in [0.1, 0.15) is 5.25 Å². The molecule has 0 spiro atoms. The Labute approximate surface area is 182 Å². The molecule has 1 aromatic heterocycles. The summed E-state index contributed by atoms with van der Waals surface area (Å²) in [6.07, 6.45) is 2.82. The van der Waals surface area contributed by atoms with E-state index in [2.05, 4.69) is 40.2 Å². The summed E-state index contributed by atoms with van der Waals surface area (Å²) in [5, 5.41) is -0.226. The number of hydrogen-bond donors (Lipinski definition) is 0. The summed E-state index contributed by atoms with van der Waals surface area (Å²) in [7, 11) is 0. The second kappa shape index (κ2) is 10.4. The first-order chi connectivity index (χ1) is 14.8. The summed E-state index contributed by atoms with van der Waals surface area (Å²) in [6, 6.07) is 26.4. The van der Waals surface area contributed by atoms with E-state index in [1.54, 1.807) is 11.8 Å². The van der Waals surface area contributed by atoms with E-state index in [9.17, 15) is 4.79 Å². The summed E-state index contributed by atoms with van der Waals surface area (Å²) >= 11 is 1.64. The van der Waals surface area contributed by atoms with Gasteiger partial charge in [0.25, 0.3) is 0 Å². The molecule has 0 N–H and O–H groups in total. The van der Waals surface area contributed by atoms with Crippen molar-refractivity contribution in [1.82, 2.24) is 14.8 Å². The van der Waals surface area contributed by atoms with Gasteiger partial charge in [-0.3, -0.25) is 14.7 Å². The van der Waals surface area contributed by atoms with Crippen LogP contribution in [0.1, 0.15) is 22.9 Å². The van der Waals surface area contributed by atoms with Crippen LogP contribution in [0.4, 0.5) is 0 Å². The fourth-order valence-electron chi connectivity index (χ4n) is 3.76. The summed E-state index contributed by atoms with van der Waals surface area (Å²) in [4.78, 5) is 23.6. The Kier molecular flexibility index (Phi) is 7.16. The van der Waals surface area contributed by atoms with E-state index in [0.717, 1.165) is 55.3 Å². The van der Waals surface area contributed by atoms with Crippen molar-refractivity contribution in [1.29, 1.82) is 0 Å². The Morgan fingerprint density at radius 1 is 0.867 bits per heavy atom. The number of carbonyl (C=O) groups excluding carboxylic acids is 1. The van der Waals surface area contributed by atoms with Crippen LogP contribution in [-0.4, -0.2) is 46.9 Å². The lowest BCUT2D eigenvalue weighted by Crippen LogP contribution is -2.37. The van der Waals surface area contributed by atoms with Crippen LogP contribution in [0.15, 0.2) is 90.0 Å². The molecule has 1 aliphatic rings. The van der Waals surface area contributed by atoms with Gasteiger partial charge in [0, 0.05) is 43.8 Å². The van der Waals surface area contributed by atoms with Crippen LogP contribution >= 0.6 is 11.8 Å². The summed E-state index contributed by atoms with van der Waals surface area (Å²) in [5.41, 5.74) is 2.14. The van der Waals surface area contributed by atoms with Crippen LogP contribution in [0, 0.1) is 0 Å². The molecule has 1 fully saturated rings. The third kappa shape index (κ3) is 5.49. The Balaban J connectivity index is 1.46. The van der Waals surface area contributed by atoms with Gasteiger partial charge in [0.2, 0.25) is 5.91 Å². The molecule has 5 heteroatoms. The number of benzene rings is 2. The molecule has 154 valence electrons. The van der Waals surface area contributed by atoms with E-state index in [4.69, 9.17) is 0 Å². The van der Waals surface area contributed by atoms with Crippen molar-refractivity contribution >= 4 is 17.7 Å². The molecule has 2 aromatic carbocycles. The zero-order valence-electron chi connectivity index (χ0n) is 17.1. The molecule has 1 aliphatic heterocycles. The average molecular weight is 418 g/mol. The summed E-state index contributed by atoms with van der Waals surface area (Å²) in [6.45, 7) is 4.26. The first-order valence-corrected chi connectivity index (χ1v) is 11.4. The second-order valence-corrected chi connectivity index (χ2v) is 8.68. The molecule has 3 aromatic rings. The lowest BCUT2D eigenvalue weighted by Gasteiger charge is -2.26. The SMILES string of the molecule is O=C(C(Sc1ccccc1)c1ccccc1)N1CCCN(Cc2ccccn2)CC1. The third-order valence-corrected chi connectivity index (χ3v) is 6.59. The van der Waals surface area contributed by atoms with Gasteiger partial charge < -0.3 is 4.90 Å². The van der Waals surface area contributed by atoms with Crippen molar-refractivity contribution in [2.24, 2.45) is 0 Å². The third-order valence-electron chi connectivity index (χ3n) is 5.34. The standard InChI is InChI=1S/C25H27N3OS/c29-25(24(21-10-3-1-4-11-21)30-23-13-5-2-6-14-23)28-17-9-16-27(18-19-28)20-22-12-7-8-15-26-22/h1-8,10-15,24H,9,16-20H2. The van der Waals surface area contributed by atoms with E-state index < -0.39 is 0 Å². The molecular formula is C25H27N3OS. The minimum absolute atomic E-state index is 0.203. The summed E-state index contributed by atoms with van der Waals surface area (Å²) in [5.74, 6) is 0.203. The van der Waals surface area contributed by atoms with Gasteiger partial charge in [0.05, 0.1) is 5.69 Å². The maximum Gasteiger partial charge on any atom is 0.240 e. The van der Waals surface area contributed by atoms with Crippen molar-refractivity contribution in [3.05, 3.63) is 96.3 Å². The molecule has 2 heterocycles. The van der Waals surface area contributed by atoms with Crippen LogP contribution in [-0.2, 0) is 11.3 Å². The van der Waals surface area contributed by atoms with E-state index >= 15 is 0 Å². The quantitative estimate of drug-likeness (QED) is 0.547. The highest BCUT2D eigenvalue weighted by atomic mass is 32.2. The Morgan fingerprint density at radius 2 is 1.60 bits per heavy atom. The van der Waals surface area contributed by atoms with Gasteiger partial charge >= 0.3 is 0 Å². The minimum atomic E-state index is -0.226. The van der Waals surface area contributed by atoms with Crippen LogP contribution < -0.4 is 0 Å². The highest BCUT2D eigenvalue weighted by molar-refractivity contribution is 8.00. The maximum atomic E-state index is 13.6. The molecule has 0 saturated carbocycles. The molecule has 4 rings (SSSR count). The van der Waals surface area contributed by atoms with Crippen LogP contribution in [0.3, 0.4) is 0 Å². The molecule has 0 bridgehead atoms. The molecule has 4 nitrogen and oxygen atoms in total. The Bertz CT molecular complexity index is 921. The van der Waals surface area contributed by atoms with E-state index in [-0.39, 0.29) is 11.2 Å². The highest BCUT2D eigenvalue weighted by Gasteiger charge is 2.28. The minimum Gasteiger partial charge on any atom is -0.340 e. The number of pyridine rings is 1. The average Bonchev–Trinajstić information content (AvgIpc) is 3.05. The smallest absolute Gasteiger partial charge is 0.240 e. The molecule has 0 aliphatic carbocycles. The molecule has 1 atom stereocenters. The lowest BCUT2D eigenvalue weighted by molar-refractivity contribution is -0.130. The van der Waals surface area contributed by atoms with Gasteiger partial charge in [-0.1, -0.05) is 54.6 Å². The first-order valence-electron chi connectivity index (χ1n) is 10.5. The Morgan fingerprint density at radius 3 is 2.33 bits per heavy atom. The first kappa shape index (κ1) is 20.6. The lowest BCUT2D eigenvalue weighted by atomic mass is 10.1. The van der Waals surface area contributed by atoms with Crippen LogP contribution in [0.5, 0.6) is 0 Å². The maximum absolute atomic E-state index is 13.6. The van der Waals surface area contributed by atoms with Gasteiger partial charge in [0.15, 0.2) is 0 Å². The van der Waals surface area contributed by atoms with E-state index in [1.165, 1.54) is 0 Å². The monoisotopic (exact) mass is 417 g/mol. The topological polar surface area (TPSA) is 36.4 Å². The van der Waals surface area contributed by atoms with E-state index in [1.807, 2.05) is 59.6 Å². The van der Waals surface area contributed by atoms with Crippen LogP contribution in [0.2, 0.25) is 0 Å². The second-order valence-electron chi connectivity index (χ2n) is 7.50. The predicted molar refractivity (Wildman–Crippen MR) is 122 cm³/mol. The van der Waals surface area contributed by atoms with Crippen molar-refractivity contribution in [2.45, 2.75) is 23.1 Å². The Hall–Kier alpha value is -2.63. The molecule has 0 radical (unpaired) electrons. The number of amides is 1. The molecular weight excluding hydrogens is 390 g/mol. The molecule has 1 amide bonds. The van der Waals surface area contributed by atoms with Crippen molar-refractivity contribution < 1.29 is 4.79 Å². The zero-order valence-corrected chi connectivity index (χ0v) is 17.9. The van der Waals surface area contributed by atoms with E-state index in [0.29, 0.717) is 0 Å². The fraction of sp³-hybridized carbons (Fsp3) is 0.280. The number of thioether (sulfide) groups is 1. The van der Waals surface area contributed by atoms with Crippen molar-refractivity contribution in [3.63, 3.8) is 0 Å². The van der Waals surface area contributed by atoms with Crippen LogP contribution in [0.25, 0.3) is 0 Å². The fourth-order valence-corrected chi connectivity index (χ4v) is 4.89. The number of aromatic nitrogens is 1. The molecule has 1 unspecified atom stereocenters. The predicted octanol–water partition coefficient (Wildman–Crippen LogP) is 4.65. The number of nitrogens with zero attached hydrogens (tertiary/aromatic N) is 3. The number of hydrogen-bond acceptors (Lipinski definition) is 4. The van der Waals surface area contributed by atoms with Gasteiger partial charge in [-0.15, -0.1) is 11.8 Å². The van der Waals surface area contributed by atoms with Gasteiger partial charge in [-0.2, -0.15) is 0 Å². The highest BCUT2D eigenvalue weighted by Crippen LogP contribution is 2.36. The number of carbonyl (C=O) groups is 1. The normalized spacial score (nSPS) is 16.1. The molecule has 1 saturated heterocycles. The zero-order chi connectivity index (χ0) is 20.6. The largest absolute Gasteiger partial charge is 0.340 e.